The highest BCUT2D eigenvalue weighted by Crippen LogP contribution is 2.34. The molecule has 0 unspecified atom stereocenters. The van der Waals surface area contributed by atoms with Crippen molar-refractivity contribution in [1.82, 2.24) is 34.6 Å². The zero-order valence-corrected chi connectivity index (χ0v) is 23.0. The maximum atomic E-state index is 13.4. The monoisotopic (exact) mass is 517 g/mol. The molecule has 1 saturated heterocycles. The molecule has 2 aliphatic rings. The summed E-state index contributed by atoms with van der Waals surface area (Å²) in [4.78, 5) is 35.3. The van der Waals surface area contributed by atoms with E-state index in [-0.39, 0.29) is 5.91 Å². The van der Waals surface area contributed by atoms with Crippen molar-refractivity contribution < 1.29 is 4.79 Å². The minimum atomic E-state index is -0.0298. The van der Waals surface area contributed by atoms with Crippen LogP contribution in [0.25, 0.3) is 0 Å². The van der Waals surface area contributed by atoms with Gasteiger partial charge in [0.25, 0.3) is 5.91 Å². The van der Waals surface area contributed by atoms with E-state index in [1.807, 2.05) is 12.1 Å². The normalized spacial score (nSPS) is 18.0. The van der Waals surface area contributed by atoms with Crippen LogP contribution < -0.4 is 0 Å². The number of rotatable bonds is 12. The van der Waals surface area contributed by atoms with Gasteiger partial charge in [-0.3, -0.25) is 9.69 Å². The van der Waals surface area contributed by atoms with Crippen molar-refractivity contribution in [3.8, 4) is 0 Å². The number of carbonyl (C=O) groups excluding carboxylic acids is 1. The largest absolute Gasteiger partial charge is 0.347 e. The fourth-order valence-electron chi connectivity index (χ4n) is 5.82. The number of nitrogens with one attached hydrogen (secondary N) is 2. The maximum absolute atomic E-state index is 13.4. The van der Waals surface area contributed by atoms with E-state index in [1.54, 1.807) is 29.7 Å². The minimum Gasteiger partial charge on any atom is -0.347 e. The SMILES string of the molecule is CCN(Cc1ccc(C(=O)N(Cc2ncc[nH]2)Cc2ncc[nH]2)cc1)CC1(C)CCN(CC2CCC2)CC1. The topological polar surface area (TPSA) is 84.1 Å². The third-order valence-corrected chi connectivity index (χ3v) is 8.54. The van der Waals surface area contributed by atoms with Crippen LogP contribution >= 0.6 is 0 Å². The van der Waals surface area contributed by atoms with Crippen molar-refractivity contribution in [2.75, 3.05) is 32.7 Å². The fraction of sp³-hybridized carbons (Fsp3) is 0.567. The number of piperidine rings is 1. The van der Waals surface area contributed by atoms with Gasteiger partial charge >= 0.3 is 0 Å². The molecule has 204 valence electrons. The van der Waals surface area contributed by atoms with Gasteiger partial charge in [0.1, 0.15) is 11.6 Å². The summed E-state index contributed by atoms with van der Waals surface area (Å²) in [6.07, 6.45) is 13.8. The van der Waals surface area contributed by atoms with Gasteiger partial charge in [0.05, 0.1) is 13.1 Å². The summed E-state index contributed by atoms with van der Waals surface area (Å²) in [5.41, 5.74) is 2.30. The first-order valence-corrected chi connectivity index (χ1v) is 14.3. The summed E-state index contributed by atoms with van der Waals surface area (Å²) in [6, 6.07) is 8.14. The molecular weight excluding hydrogens is 474 g/mol. The number of aromatic amines is 2. The molecule has 1 aromatic carbocycles. The Hall–Kier alpha value is -2.97. The van der Waals surface area contributed by atoms with E-state index in [2.05, 4.69) is 55.7 Å². The predicted molar refractivity (Wildman–Crippen MR) is 149 cm³/mol. The van der Waals surface area contributed by atoms with E-state index < -0.39 is 0 Å². The first kappa shape index (κ1) is 26.6. The van der Waals surface area contributed by atoms with Gasteiger partial charge in [-0.2, -0.15) is 0 Å². The molecule has 5 rings (SSSR count). The molecule has 1 saturated carbocycles. The Labute approximate surface area is 226 Å². The van der Waals surface area contributed by atoms with Crippen LogP contribution in [-0.2, 0) is 19.6 Å². The fourth-order valence-corrected chi connectivity index (χ4v) is 5.82. The summed E-state index contributed by atoms with van der Waals surface area (Å²) in [7, 11) is 0. The molecule has 3 aromatic rings. The van der Waals surface area contributed by atoms with E-state index in [0.717, 1.165) is 37.2 Å². The molecule has 2 fully saturated rings. The number of carbonyl (C=O) groups is 1. The van der Waals surface area contributed by atoms with E-state index >= 15 is 0 Å². The lowest BCUT2D eigenvalue weighted by Gasteiger charge is -2.43. The molecule has 2 N–H and O–H groups in total. The molecule has 38 heavy (non-hydrogen) atoms. The maximum Gasteiger partial charge on any atom is 0.254 e. The van der Waals surface area contributed by atoms with E-state index in [9.17, 15) is 4.79 Å². The molecule has 0 spiro atoms. The Balaban J connectivity index is 1.17. The standard InChI is InChI=1S/C30H43N7O/c1-3-35(23-30(2)11-17-36(18-12-30)20-24-5-4-6-24)19-25-7-9-26(10-8-25)29(38)37(21-27-31-13-14-32-27)22-28-33-15-16-34-28/h7-10,13-16,24H,3-6,11-12,17-23H2,1-2H3,(H,31,32)(H,33,34). The highest BCUT2D eigenvalue weighted by molar-refractivity contribution is 5.94. The lowest BCUT2D eigenvalue weighted by Crippen LogP contribution is -2.46. The highest BCUT2D eigenvalue weighted by atomic mass is 16.2. The van der Waals surface area contributed by atoms with Crippen LogP contribution in [0, 0.1) is 11.3 Å². The number of likely N-dealkylation sites (tertiary alicyclic amines) is 1. The van der Waals surface area contributed by atoms with Gasteiger partial charge in [-0.05, 0) is 74.3 Å². The van der Waals surface area contributed by atoms with Crippen molar-refractivity contribution >= 4 is 5.91 Å². The van der Waals surface area contributed by atoms with Crippen LogP contribution in [0.5, 0.6) is 0 Å². The molecule has 8 heteroatoms. The van der Waals surface area contributed by atoms with Crippen molar-refractivity contribution in [2.24, 2.45) is 11.3 Å². The van der Waals surface area contributed by atoms with Crippen molar-refractivity contribution in [3.05, 3.63) is 71.8 Å². The number of hydrogen-bond donors (Lipinski definition) is 2. The number of hydrogen-bond acceptors (Lipinski definition) is 5. The molecule has 1 aliphatic heterocycles. The quantitative estimate of drug-likeness (QED) is 0.364. The number of aromatic nitrogens is 4. The summed E-state index contributed by atoms with van der Waals surface area (Å²) >= 11 is 0. The first-order chi connectivity index (χ1) is 18.5. The molecule has 0 bridgehead atoms. The number of imidazole rings is 2. The first-order valence-electron chi connectivity index (χ1n) is 14.3. The smallest absolute Gasteiger partial charge is 0.254 e. The second-order valence-corrected chi connectivity index (χ2v) is 11.6. The van der Waals surface area contributed by atoms with Crippen molar-refractivity contribution in [2.45, 2.75) is 65.6 Å². The molecular formula is C30H43N7O. The average molecular weight is 518 g/mol. The van der Waals surface area contributed by atoms with Gasteiger partial charge in [-0.1, -0.05) is 32.4 Å². The number of H-pyrrole nitrogens is 2. The molecule has 3 heterocycles. The lowest BCUT2D eigenvalue weighted by atomic mass is 9.78. The third-order valence-electron chi connectivity index (χ3n) is 8.54. The summed E-state index contributed by atoms with van der Waals surface area (Å²) < 4.78 is 0. The Morgan fingerprint density at radius 3 is 2.13 bits per heavy atom. The van der Waals surface area contributed by atoms with Crippen molar-refractivity contribution in [1.29, 1.82) is 0 Å². The van der Waals surface area contributed by atoms with E-state index in [1.165, 1.54) is 57.3 Å². The summed E-state index contributed by atoms with van der Waals surface area (Å²) in [5.74, 6) is 2.44. The van der Waals surface area contributed by atoms with Gasteiger partial charge in [0.15, 0.2) is 0 Å². The second-order valence-electron chi connectivity index (χ2n) is 11.6. The zero-order chi connectivity index (χ0) is 26.4. The molecule has 0 atom stereocenters. The van der Waals surface area contributed by atoms with Crippen molar-refractivity contribution in [3.63, 3.8) is 0 Å². The van der Waals surface area contributed by atoms with Gasteiger partial charge in [-0.15, -0.1) is 0 Å². The van der Waals surface area contributed by atoms with Crippen LogP contribution in [0.1, 0.15) is 73.5 Å². The number of benzene rings is 1. The molecule has 0 radical (unpaired) electrons. The Morgan fingerprint density at radius 2 is 1.63 bits per heavy atom. The van der Waals surface area contributed by atoms with Crippen LogP contribution in [-0.4, -0.2) is 73.3 Å². The van der Waals surface area contributed by atoms with E-state index in [4.69, 9.17) is 0 Å². The molecule has 1 aliphatic carbocycles. The molecule has 2 aromatic heterocycles. The summed E-state index contributed by atoms with van der Waals surface area (Å²) in [6.45, 7) is 12.4. The third kappa shape index (κ3) is 6.91. The second kappa shape index (κ2) is 12.3. The van der Waals surface area contributed by atoms with Crippen LogP contribution in [0.4, 0.5) is 0 Å². The van der Waals surface area contributed by atoms with E-state index in [0.29, 0.717) is 24.1 Å². The minimum absolute atomic E-state index is 0.0298. The van der Waals surface area contributed by atoms with Crippen LogP contribution in [0.2, 0.25) is 0 Å². The Bertz CT molecular complexity index is 1080. The van der Waals surface area contributed by atoms with Gasteiger partial charge in [0, 0.05) is 50.0 Å². The predicted octanol–water partition coefficient (Wildman–Crippen LogP) is 4.70. The van der Waals surface area contributed by atoms with Crippen LogP contribution in [0.3, 0.4) is 0 Å². The van der Waals surface area contributed by atoms with Gasteiger partial charge in [-0.25, -0.2) is 9.97 Å². The molecule has 1 amide bonds. The Morgan fingerprint density at radius 1 is 1.00 bits per heavy atom. The summed E-state index contributed by atoms with van der Waals surface area (Å²) in [5, 5.41) is 0. The lowest BCUT2D eigenvalue weighted by molar-refractivity contribution is 0.0584. The highest BCUT2D eigenvalue weighted by Gasteiger charge is 2.33. The average Bonchev–Trinajstić information content (AvgIpc) is 3.61. The Kier molecular flexibility index (Phi) is 8.59. The molecule has 8 nitrogen and oxygen atoms in total. The number of nitrogens with zero attached hydrogens (tertiary/aromatic N) is 5. The zero-order valence-electron chi connectivity index (χ0n) is 23.0. The van der Waals surface area contributed by atoms with Gasteiger partial charge in [0.2, 0.25) is 0 Å². The number of amides is 1. The van der Waals surface area contributed by atoms with Crippen LogP contribution in [0.15, 0.2) is 49.1 Å². The van der Waals surface area contributed by atoms with Gasteiger partial charge < -0.3 is 19.8 Å².